The van der Waals surface area contributed by atoms with Crippen molar-refractivity contribution in [2.24, 2.45) is 4.99 Å². The molecular weight excluding hydrogens is 551 g/mol. The molecule has 0 amide bonds. The smallest absolute Gasteiger partial charge is 0.124 e. The van der Waals surface area contributed by atoms with Gasteiger partial charge in [0, 0.05) is 52.4 Å². The number of hydrogen-bond donors (Lipinski definition) is 3. The van der Waals surface area contributed by atoms with Gasteiger partial charge in [-0.25, -0.2) is 4.39 Å². The molecule has 1 saturated heterocycles. The van der Waals surface area contributed by atoms with Crippen LogP contribution in [-0.4, -0.2) is 68.5 Å². The first-order valence-electron chi connectivity index (χ1n) is 15.6. The number of halogens is 1. The number of aryl methyl sites for hydroxylation is 1. The predicted molar refractivity (Wildman–Crippen MR) is 174 cm³/mol. The van der Waals surface area contributed by atoms with Crippen LogP contribution in [0.3, 0.4) is 0 Å². The molecule has 0 bridgehead atoms. The summed E-state index contributed by atoms with van der Waals surface area (Å²) in [6.45, 7) is 7.71. The highest BCUT2D eigenvalue weighted by Gasteiger charge is 2.16. The number of aliphatic imine (C=N–C) groups is 1. The fourth-order valence-electron chi connectivity index (χ4n) is 6.31. The molecule has 0 aliphatic carbocycles. The molecule has 6 heterocycles. The molecule has 44 heavy (non-hydrogen) atoms. The maximum Gasteiger partial charge on any atom is 0.124 e. The van der Waals surface area contributed by atoms with Gasteiger partial charge in [0.15, 0.2) is 0 Å². The Labute approximate surface area is 255 Å². The Hall–Kier alpha value is -4.47. The fraction of sp³-hybridized carbons (Fsp3) is 0.314. The molecule has 0 spiro atoms. The number of rotatable bonds is 10. The van der Waals surface area contributed by atoms with Crippen molar-refractivity contribution in [2.45, 2.75) is 39.2 Å². The van der Waals surface area contributed by atoms with Crippen LogP contribution in [-0.2, 0) is 13.0 Å². The molecular formula is C35H37FN8. The number of fused-ring (bicyclic) bond motifs is 2. The van der Waals surface area contributed by atoms with Crippen LogP contribution < -0.4 is 15.9 Å². The Bertz CT molecular complexity index is 1950. The van der Waals surface area contributed by atoms with Gasteiger partial charge in [0.1, 0.15) is 11.5 Å². The van der Waals surface area contributed by atoms with Crippen molar-refractivity contribution in [3.8, 4) is 22.6 Å². The number of benzene rings is 1. The summed E-state index contributed by atoms with van der Waals surface area (Å²) in [6.07, 6.45) is 14.1. The highest BCUT2D eigenvalue weighted by molar-refractivity contribution is 6.21. The van der Waals surface area contributed by atoms with Gasteiger partial charge in [-0.1, -0.05) is 6.92 Å². The van der Waals surface area contributed by atoms with E-state index in [0.29, 0.717) is 6.54 Å². The van der Waals surface area contributed by atoms with Crippen LogP contribution >= 0.6 is 0 Å². The standard InChI is InChI=1S/C35H37FN8/c1-2-37-20-24-15-26(22-38-21-24)32-18-29-31(8-9-39-32)42-43-35(29)33-19-28-30(41-33)7-10-40-34(28)25-14-23(16-27(36)17-25)6-5-13-44-11-3-4-12-44/h7-8,10,14-19,21-22,37,41-42H,2-6,9,11-13,20H2,1H3. The number of hydrogen-bond acceptors (Lipinski definition) is 6. The topological polar surface area (TPSA) is 97.9 Å². The predicted octanol–water partition coefficient (Wildman–Crippen LogP) is 4.36. The van der Waals surface area contributed by atoms with Crippen molar-refractivity contribution in [3.05, 3.63) is 88.1 Å². The fourth-order valence-corrected chi connectivity index (χ4v) is 6.31. The zero-order chi connectivity index (χ0) is 29.9. The van der Waals surface area contributed by atoms with Gasteiger partial charge < -0.3 is 15.2 Å². The number of likely N-dealkylation sites (tertiary alicyclic amines) is 1. The Morgan fingerprint density at radius 3 is 2.77 bits per heavy atom. The van der Waals surface area contributed by atoms with Crippen molar-refractivity contribution < 1.29 is 4.39 Å². The lowest BCUT2D eigenvalue weighted by Crippen LogP contribution is -2.24. The lowest BCUT2D eigenvalue weighted by atomic mass is 10.0. The summed E-state index contributed by atoms with van der Waals surface area (Å²) in [5.74, 6) is -0.230. The third-order valence-corrected chi connectivity index (χ3v) is 8.51. The van der Waals surface area contributed by atoms with Crippen LogP contribution in [0, 0.1) is 5.82 Å². The summed E-state index contributed by atoms with van der Waals surface area (Å²) >= 11 is 0. The van der Waals surface area contributed by atoms with E-state index in [2.05, 4.69) is 62.6 Å². The van der Waals surface area contributed by atoms with Gasteiger partial charge >= 0.3 is 0 Å². The van der Waals surface area contributed by atoms with Crippen molar-refractivity contribution >= 4 is 28.8 Å². The van der Waals surface area contributed by atoms with Crippen LogP contribution in [0.25, 0.3) is 45.7 Å². The van der Waals surface area contributed by atoms with Crippen LogP contribution in [0.5, 0.6) is 0 Å². The van der Waals surface area contributed by atoms with Crippen LogP contribution in [0.1, 0.15) is 42.9 Å². The molecule has 0 saturated carbocycles. The Morgan fingerprint density at radius 2 is 1.89 bits per heavy atom. The third-order valence-electron chi connectivity index (χ3n) is 8.51. The normalized spacial score (nSPS) is 15.1. The number of aromatic amines is 2. The molecule has 224 valence electrons. The van der Waals surface area contributed by atoms with Crippen LogP contribution in [0.15, 0.2) is 60.0 Å². The summed E-state index contributed by atoms with van der Waals surface area (Å²) in [5, 5.41) is 14.1. The van der Waals surface area contributed by atoms with Gasteiger partial charge in [-0.05, 0) is 112 Å². The highest BCUT2D eigenvalue weighted by Crippen LogP contribution is 2.31. The van der Waals surface area contributed by atoms with E-state index in [9.17, 15) is 4.39 Å². The SMILES string of the molecule is CCNCc1cncc(C2=NCC=c3[nH]nc(-c4cc5c(-c6cc(F)cc(CCCN7CCCC7)c6)nccc5[nH]4)c3=C2)c1. The maximum atomic E-state index is 14.9. The summed E-state index contributed by atoms with van der Waals surface area (Å²) in [7, 11) is 0. The first-order valence-corrected chi connectivity index (χ1v) is 15.6. The van der Waals surface area contributed by atoms with Gasteiger partial charge in [-0.2, -0.15) is 5.10 Å². The summed E-state index contributed by atoms with van der Waals surface area (Å²) in [6, 6.07) is 11.5. The van der Waals surface area contributed by atoms with E-state index in [1.54, 1.807) is 18.3 Å². The minimum Gasteiger partial charge on any atom is -0.353 e. The zero-order valence-electron chi connectivity index (χ0n) is 25.0. The summed E-state index contributed by atoms with van der Waals surface area (Å²) in [4.78, 5) is 20.1. The average molecular weight is 589 g/mol. The lowest BCUT2D eigenvalue weighted by Gasteiger charge is -2.14. The molecule has 2 aliphatic rings. The quantitative estimate of drug-likeness (QED) is 0.225. The maximum absolute atomic E-state index is 14.9. The van der Waals surface area contributed by atoms with Gasteiger partial charge in [-0.15, -0.1) is 0 Å². The van der Waals surface area contributed by atoms with E-state index < -0.39 is 0 Å². The largest absolute Gasteiger partial charge is 0.353 e. The van der Waals surface area contributed by atoms with E-state index in [1.807, 2.05) is 18.5 Å². The molecule has 3 N–H and O–H groups in total. The first-order chi connectivity index (χ1) is 21.6. The molecule has 7 rings (SSSR count). The molecule has 4 aromatic heterocycles. The molecule has 8 nitrogen and oxygen atoms in total. The van der Waals surface area contributed by atoms with E-state index in [4.69, 9.17) is 15.1 Å². The average Bonchev–Trinajstić information content (AvgIpc) is 3.77. The number of H-pyrrole nitrogens is 2. The number of aromatic nitrogens is 5. The van der Waals surface area contributed by atoms with E-state index >= 15 is 0 Å². The van der Waals surface area contributed by atoms with Crippen molar-refractivity contribution in [1.29, 1.82) is 0 Å². The monoisotopic (exact) mass is 588 g/mol. The Morgan fingerprint density at radius 1 is 1.00 bits per heavy atom. The molecule has 9 heteroatoms. The second-order valence-corrected chi connectivity index (χ2v) is 11.6. The van der Waals surface area contributed by atoms with E-state index in [-0.39, 0.29) is 5.82 Å². The zero-order valence-corrected chi connectivity index (χ0v) is 25.0. The highest BCUT2D eigenvalue weighted by atomic mass is 19.1. The minimum absolute atomic E-state index is 0.230. The number of nitrogens with one attached hydrogen (secondary N) is 3. The molecule has 2 aliphatic heterocycles. The van der Waals surface area contributed by atoms with E-state index in [1.165, 1.54) is 25.9 Å². The van der Waals surface area contributed by atoms with Gasteiger partial charge in [0.2, 0.25) is 0 Å². The van der Waals surface area contributed by atoms with Gasteiger partial charge in [-0.3, -0.25) is 20.1 Å². The minimum atomic E-state index is -0.230. The van der Waals surface area contributed by atoms with E-state index in [0.717, 1.165) is 99.0 Å². The van der Waals surface area contributed by atoms with Crippen molar-refractivity contribution in [3.63, 3.8) is 0 Å². The summed E-state index contributed by atoms with van der Waals surface area (Å²) in [5.41, 5.74) is 8.09. The lowest BCUT2D eigenvalue weighted by molar-refractivity contribution is 0.334. The molecule has 1 fully saturated rings. The van der Waals surface area contributed by atoms with Crippen molar-refractivity contribution in [1.82, 2.24) is 35.4 Å². The van der Waals surface area contributed by atoms with Gasteiger partial charge in [0.05, 0.1) is 29.0 Å². The molecule has 5 aromatic rings. The number of nitrogens with zero attached hydrogens (tertiary/aromatic N) is 5. The second-order valence-electron chi connectivity index (χ2n) is 11.6. The molecule has 0 unspecified atom stereocenters. The second kappa shape index (κ2) is 12.6. The van der Waals surface area contributed by atoms with Crippen LogP contribution in [0.4, 0.5) is 4.39 Å². The van der Waals surface area contributed by atoms with Gasteiger partial charge in [0.25, 0.3) is 0 Å². The Kier molecular flexibility index (Phi) is 8.13. The third kappa shape index (κ3) is 5.98. The Balaban J connectivity index is 1.21. The number of pyridine rings is 2. The summed E-state index contributed by atoms with van der Waals surface area (Å²) < 4.78 is 14.9. The first kappa shape index (κ1) is 28.3. The molecule has 0 atom stereocenters. The van der Waals surface area contributed by atoms with Crippen LogP contribution in [0.2, 0.25) is 0 Å². The molecule has 1 aromatic carbocycles. The van der Waals surface area contributed by atoms with Crippen molar-refractivity contribution in [2.75, 3.05) is 32.7 Å². The molecule has 0 radical (unpaired) electrons.